The minimum Gasteiger partial charge on any atom is -0.393 e. The zero-order chi connectivity index (χ0) is 31.0. The van der Waals surface area contributed by atoms with Crippen LogP contribution in [0.2, 0.25) is 0 Å². The predicted octanol–water partition coefficient (Wildman–Crippen LogP) is 4.96. The van der Waals surface area contributed by atoms with Gasteiger partial charge in [-0.05, 0) is 124 Å². The summed E-state index contributed by atoms with van der Waals surface area (Å²) in [6, 6.07) is 0. The standard InChI is InChI=1S/C35H60O7/c1-20(2)10-9-14-35(8,42-30-29(40)28(39)23(37)19-41-30)21-11-16-34(7)27(21)22(36)18-25-32(5)15-13-26(38)31(3,4)24(32)12-17-33(25,34)6/h10,21-30,36-40H,9,11-19H2,1-8H3/t21?,22-,23+,24?,25?,26+,27?,28?,29?,30+,32+,33-,34-,35+/m1/s1. The lowest BCUT2D eigenvalue weighted by Crippen LogP contribution is -2.66. The number of ether oxygens (including phenoxy) is 2. The minimum atomic E-state index is -1.34. The summed E-state index contributed by atoms with van der Waals surface area (Å²) in [7, 11) is 0. The van der Waals surface area contributed by atoms with Gasteiger partial charge >= 0.3 is 0 Å². The summed E-state index contributed by atoms with van der Waals surface area (Å²) in [5.74, 6) is 0.897. The normalized spacial score (nSPS) is 51.5. The second kappa shape index (κ2) is 11.1. The van der Waals surface area contributed by atoms with E-state index in [0.717, 1.165) is 51.4 Å². The summed E-state index contributed by atoms with van der Waals surface area (Å²) >= 11 is 0. The Hall–Kier alpha value is -0.540. The summed E-state index contributed by atoms with van der Waals surface area (Å²) < 4.78 is 12.5. The average molecular weight is 593 g/mol. The lowest BCUT2D eigenvalue weighted by atomic mass is 9.35. The van der Waals surface area contributed by atoms with Gasteiger partial charge in [-0.2, -0.15) is 0 Å². The summed E-state index contributed by atoms with van der Waals surface area (Å²) in [6.45, 7) is 18.1. The van der Waals surface area contributed by atoms with Gasteiger partial charge in [0.05, 0.1) is 24.4 Å². The molecule has 7 nitrogen and oxygen atoms in total. The molecule has 0 bridgehead atoms. The fraction of sp³-hybridized carbons (Fsp3) is 0.943. The van der Waals surface area contributed by atoms with Gasteiger partial charge in [0.1, 0.15) is 18.3 Å². The van der Waals surface area contributed by atoms with Crippen LogP contribution in [0.5, 0.6) is 0 Å². The van der Waals surface area contributed by atoms with Crippen molar-refractivity contribution in [3.05, 3.63) is 11.6 Å². The summed E-state index contributed by atoms with van der Waals surface area (Å²) in [4.78, 5) is 0. The molecule has 6 unspecified atom stereocenters. The Morgan fingerprint density at radius 3 is 2.19 bits per heavy atom. The van der Waals surface area contributed by atoms with E-state index in [4.69, 9.17) is 9.47 Å². The molecule has 1 aliphatic heterocycles. The third kappa shape index (κ3) is 4.87. The van der Waals surface area contributed by atoms with Crippen molar-refractivity contribution in [3.63, 3.8) is 0 Å². The van der Waals surface area contributed by atoms with Crippen LogP contribution < -0.4 is 0 Å². The Morgan fingerprint density at radius 2 is 1.52 bits per heavy atom. The number of hydrogen-bond acceptors (Lipinski definition) is 7. The molecular weight excluding hydrogens is 532 g/mol. The van der Waals surface area contributed by atoms with Crippen molar-refractivity contribution in [2.75, 3.05) is 6.61 Å². The smallest absolute Gasteiger partial charge is 0.186 e. The van der Waals surface area contributed by atoms with Gasteiger partial charge in [-0.25, -0.2) is 0 Å². The molecule has 0 aromatic rings. The van der Waals surface area contributed by atoms with E-state index in [9.17, 15) is 25.5 Å². The van der Waals surface area contributed by atoms with Gasteiger partial charge in [-0.15, -0.1) is 0 Å². The van der Waals surface area contributed by atoms with Crippen LogP contribution in [0.1, 0.15) is 113 Å². The van der Waals surface area contributed by atoms with Gasteiger partial charge in [0.25, 0.3) is 0 Å². The van der Waals surface area contributed by atoms with Gasteiger partial charge in [0, 0.05) is 0 Å². The monoisotopic (exact) mass is 592 g/mol. The SMILES string of the molecule is CC(C)=CCC[C@](C)(O[C@@H]1OC[C@H](O)C(O)C1O)C1CC[C@]2(C)C1[C@H](O)CC1[C@@]3(C)CC[C@H](O)C(C)(C)C3CC[C@]12C. The molecular formula is C35H60O7. The van der Waals surface area contributed by atoms with Crippen molar-refractivity contribution in [1.29, 1.82) is 0 Å². The molecule has 0 amide bonds. The van der Waals surface area contributed by atoms with Crippen LogP contribution in [-0.4, -0.2) is 74.6 Å². The molecule has 14 atom stereocenters. The first kappa shape index (κ1) is 32.8. The molecule has 7 heteroatoms. The maximum atomic E-state index is 12.2. The fourth-order valence-corrected chi connectivity index (χ4v) is 11.6. The van der Waals surface area contributed by atoms with E-state index in [2.05, 4.69) is 61.5 Å². The van der Waals surface area contributed by atoms with Gasteiger partial charge in [-0.1, -0.05) is 46.3 Å². The second-order valence-electron chi connectivity index (χ2n) is 16.8. The number of fused-ring (bicyclic) bond motifs is 5. The molecule has 1 heterocycles. The topological polar surface area (TPSA) is 120 Å². The highest BCUT2D eigenvalue weighted by Crippen LogP contribution is 2.76. The van der Waals surface area contributed by atoms with Crippen molar-refractivity contribution in [2.24, 2.45) is 45.3 Å². The molecule has 0 radical (unpaired) electrons. The molecule has 0 aromatic carbocycles. The Morgan fingerprint density at radius 1 is 0.857 bits per heavy atom. The molecule has 5 fully saturated rings. The first-order valence-electron chi connectivity index (χ1n) is 16.8. The lowest BCUT2D eigenvalue weighted by Gasteiger charge is -2.70. The zero-order valence-corrected chi connectivity index (χ0v) is 27.5. The van der Waals surface area contributed by atoms with Gasteiger partial charge < -0.3 is 35.0 Å². The molecule has 4 saturated carbocycles. The van der Waals surface area contributed by atoms with Gasteiger partial charge in [-0.3, -0.25) is 0 Å². The number of hydrogen-bond donors (Lipinski definition) is 5. The molecule has 4 aliphatic carbocycles. The van der Waals surface area contributed by atoms with Gasteiger partial charge in [0.15, 0.2) is 6.29 Å². The van der Waals surface area contributed by atoms with Crippen molar-refractivity contribution in [1.82, 2.24) is 0 Å². The van der Waals surface area contributed by atoms with Crippen LogP contribution in [0.25, 0.3) is 0 Å². The van der Waals surface area contributed by atoms with Crippen molar-refractivity contribution in [3.8, 4) is 0 Å². The molecule has 5 rings (SSSR count). The molecule has 5 aliphatic rings. The molecule has 5 N–H and O–H groups in total. The lowest BCUT2D eigenvalue weighted by molar-refractivity contribution is -0.314. The van der Waals surface area contributed by atoms with Crippen LogP contribution in [-0.2, 0) is 9.47 Å². The van der Waals surface area contributed by atoms with E-state index in [1.54, 1.807) is 0 Å². The van der Waals surface area contributed by atoms with Crippen LogP contribution in [0.4, 0.5) is 0 Å². The highest BCUT2D eigenvalue weighted by molar-refractivity contribution is 5.20. The van der Waals surface area contributed by atoms with Crippen LogP contribution in [0.15, 0.2) is 11.6 Å². The van der Waals surface area contributed by atoms with E-state index in [-0.39, 0.29) is 46.2 Å². The third-order valence-electron chi connectivity index (χ3n) is 14.2. The quantitative estimate of drug-likeness (QED) is 0.277. The second-order valence-corrected chi connectivity index (χ2v) is 16.8. The minimum absolute atomic E-state index is 0.0361. The number of aliphatic hydroxyl groups excluding tert-OH is 5. The van der Waals surface area contributed by atoms with Crippen LogP contribution in [0.3, 0.4) is 0 Å². The van der Waals surface area contributed by atoms with Crippen LogP contribution in [0, 0.1) is 45.3 Å². The summed E-state index contributed by atoms with van der Waals surface area (Å²) in [6.07, 6.45) is 4.86. The maximum absolute atomic E-state index is 12.2. The van der Waals surface area contributed by atoms with Crippen molar-refractivity contribution in [2.45, 2.75) is 156 Å². The Bertz CT molecular complexity index is 1020. The number of aliphatic hydroxyl groups is 5. The summed E-state index contributed by atoms with van der Waals surface area (Å²) in [5.41, 5.74) is 0.437. The molecule has 1 saturated heterocycles. The molecule has 42 heavy (non-hydrogen) atoms. The largest absolute Gasteiger partial charge is 0.393 e. The average Bonchev–Trinajstić information content (AvgIpc) is 3.29. The first-order valence-corrected chi connectivity index (χ1v) is 16.8. The highest BCUT2D eigenvalue weighted by atomic mass is 16.7. The van der Waals surface area contributed by atoms with E-state index in [1.165, 1.54) is 5.57 Å². The van der Waals surface area contributed by atoms with Crippen molar-refractivity contribution >= 4 is 0 Å². The van der Waals surface area contributed by atoms with E-state index < -0.39 is 36.3 Å². The zero-order valence-electron chi connectivity index (χ0n) is 27.5. The molecule has 0 aromatic heterocycles. The summed E-state index contributed by atoms with van der Waals surface area (Å²) in [5, 5.41) is 54.5. The fourth-order valence-electron chi connectivity index (χ4n) is 11.6. The number of allylic oxidation sites excluding steroid dienone is 2. The van der Waals surface area contributed by atoms with E-state index >= 15 is 0 Å². The Balaban J connectivity index is 1.48. The Labute approximate surface area is 254 Å². The predicted molar refractivity (Wildman–Crippen MR) is 162 cm³/mol. The van der Waals surface area contributed by atoms with Gasteiger partial charge in [0.2, 0.25) is 0 Å². The number of rotatable bonds is 6. The van der Waals surface area contributed by atoms with E-state index in [0.29, 0.717) is 18.3 Å². The first-order chi connectivity index (χ1) is 19.4. The third-order valence-corrected chi connectivity index (χ3v) is 14.2. The van der Waals surface area contributed by atoms with Crippen LogP contribution >= 0.6 is 0 Å². The Kier molecular flexibility index (Phi) is 8.65. The highest BCUT2D eigenvalue weighted by Gasteiger charge is 2.71. The van der Waals surface area contributed by atoms with E-state index in [1.807, 2.05) is 0 Å². The molecule has 0 spiro atoms. The molecule has 242 valence electrons. The van der Waals surface area contributed by atoms with Crippen molar-refractivity contribution < 1.29 is 35.0 Å². The maximum Gasteiger partial charge on any atom is 0.186 e.